The monoisotopic (exact) mass is 1030 g/mol. The van der Waals surface area contributed by atoms with Crippen LogP contribution in [0.25, 0.3) is 11.1 Å². The summed E-state index contributed by atoms with van der Waals surface area (Å²) >= 11 is 0. The first-order valence-electron chi connectivity index (χ1n) is 26.6. The normalized spacial score (nSPS) is 38.4. The molecule has 73 heavy (non-hydrogen) atoms. The number of aromatic nitrogens is 1. The number of cyclic esters (lactones) is 1. The number of esters is 1. The Balaban J connectivity index is 1.36. The van der Waals surface area contributed by atoms with Gasteiger partial charge in [0.15, 0.2) is 12.6 Å². The number of rotatable bonds is 16. The summed E-state index contributed by atoms with van der Waals surface area (Å²) in [7, 11) is 5.44. The molecule has 0 radical (unpaired) electrons. The zero-order valence-electron chi connectivity index (χ0n) is 46.5. The molecule has 1 aromatic heterocycles. The molecule has 0 amide bonds. The number of hydrogen-bond acceptors (Lipinski definition) is 18. The van der Waals surface area contributed by atoms with Crippen LogP contribution in [0.4, 0.5) is 0 Å². The van der Waals surface area contributed by atoms with Crippen molar-refractivity contribution in [2.75, 3.05) is 40.9 Å². The summed E-state index contributed by atoms with van der Waals surface area (Å²) in [5.74, 6) is -1.74. The fraction of sp³-hybridized carbons (Fsp3) is 0.782. The van der Waals surface area contributed by atoms with Gasteiger partial charge in [-0.05, 0) is 119 Å². The van der Waals surface area contributed by atoms with Crippen LogP contribution in [0.2, 0.25) is 0 Å². The smallest absolute Gasteiger partial charge is 0.311 e. The average molecular weight is 1030 g/mol. The molecule has 416 valence electrons. The Morgan fingerprint density at radius 3 is 2.27 bits per heavy atom. The van der Waals surface area contributed by atoms with E-state index in [1.165, 1.54) is 14.0 Å². The fourth-order valence-electron chi connectivity index (χ4n) is 11.6. The van der Waals surface area contributed by atoms with Crippen molar-refractivity contribution in [3.63, 3.8) is 0 Å². The zero-order valence-corrected chi connectivity index (χ0v) is 46.5. The first kappa shape index (κ1) is 60.6. The molecule has 0 aliphatic carbocycles. The SMILES string of the molecule is CC[C@H]1OC(=O)[C@H](C)[C@@H](O[C@H]2C[C@@](C)(OC)[C@@H](O)[C@H](C)O2)[C@H](C)[C@@H](O[C@H]2C[C@@H](N(C)CC/C(N)=C/N[C@H](CO)Cc3ccc(-c4c(C)noc4C)cc3)C[C@@H](C)O2)[C@](C)(O)C[C@@H](C)CN(C)[C@H](C)C(O)[C@]1(C)O. The van der Waals surface area contributed by atoms with E-state index in [1.54, 1.807) is 40.8 Å². The van der Waals surface area contributed by atoms with Crippen LogP contribution < -0.4 is 11.1 Å². The van der Waals surface area contributed by atoms with Gasteiger partial charge in [0, 0.05) is 74.9 Å². The molecule has 18 atom stereocenters. The topological polar surface area (TPSA) is 244 Å². The maximum absolute atomic E-state index is 14.5. The maximum Gasteiger partial charge on any atom is 0.311 e. The predicted molar refractivity (Wildman–Crippen MR) is 278 cm³/mol. The van der Waals surface area contributed by atoms with E-state index in [0.717, 1.165) is 34.6 Å². The molecule has 4 heterocycles. The third-order valence-corrected chi connectivity index (χ3v) is 16.3. The van der Waals surface area contributed by atoms with Crippen LogP contribution in [0.1, 0.15) is 125 Å². The van der Waals surface area contributed by atoms with Crippen molar-refractivity contribution < 1.29 is 63.3 Å². The molecule has 3 aliphatic rings. The highest BCUT2D eigenvalue weighted by atomic mass is 16.7. The number of aryl methyl sites for hydroxylation is 2. The minimum absolute atomic E-state index is 0.0195. The molecule has 3 fully saturated rings. The molecule has 1 aromatic carbocycles. The highest BCUT2D eigenvalue weighted by Gasteiger charge is 2.52. The second-order valence-electron chi connectivity index (χ2n) is 22.7. The highest BCUT2D eigenvalue weighted by Crippen LogP contribution is 2.40. The van der Waals surface area contributed by atoms with E-state index in [2.05, 4.69) is 22.4 Å². The van der Waals surface area contributed by atoms with E-state index in [1.807, 2.05) is 77.8 Å². The third kappa shape index (κ3) is 15.0. The molecule has 18 nitrogen and oxygen atoms in total. The number of methoxy groups -OCH3 is 1. The molecule has 0 spiro atoms. The number of likely N-dealkylation sites (N-methyl/N-ethyl adjacent to an activating group) is 1. The van der Waals surface area contributed by atoms with E-state index in [9.17, 15) is 30.3 Å². The molecule has 0 saturated carbocycles. The van der Waals surface area contributed by atoms with Crippen molar-refractivity contribution in [1.82, 2.24) is 20.3 Å². The second-order valence-corrected chi connectivity index (χ2v) is 22.7. The summed E-state index contributed by atoms with van der Waals surface area (Å²) in [6, 6.07) is 7.41. The van der Waals surface area contributed by atoms with Gasteiger partial charge >= 0.3 is 5.97 Å². The minimum atomic E-state index is -1.81. The Labute approximate surface area is 435 Å². The van der Waals surface area contributed by atoms with Crippen LogP contribution in [0.3, 0.4) is 0 Å². The van der Waals surface area contributed by atoms with Gasteiger partial charge < -0.3 is 79.3 Å². The number of hydrogen-bond donors (Lipinski definition) is 7. The first-order chi connectivity index (χ1) is 34.2. The zero-order chi connectivity index (χ0) is 54.3. The van der Waals surface area contributed by atoms with Gasteiger partial charge in [-0.15, -0.1) is 0 Å². The van der Waals surface area contributed by atoms with E-state index < -0.39 is 89.9 Å². The second kappa shape index (κ2) is 25.7. The number of nitrogens with zero attached hydrogens (tertiary/aromatic N) is 3. The van der Waals surface area contributed by atoms with E-state index in [0.29, 0.717) is 38.0 Å². The number of nitrogens with one attached hydrogen (secondary N) is 1. The number of carbonyl (C=O) groups is 1. The van der Waals surface area contributed by atoms with E-state index in [4.69, 9.17) is 38.7 Å². The quantitative estimate of drug-likeness (QED) is 0.110. The van der Waals surface area contributed by atoms with Gasteiger partial charge in [-0.2, -0.15) is 0 Å². The summed E-state index contributed by atoms with van der Waals surface area (Å²) in [4.78, 5) is 18.7. The molecule has 1 unspecified atom stereocenters. The van der Waals surface area contributed by atoms with Crippen LogP contribution in [0, 0.1) is 31.6 Å². The number of benzene rings is 1. The summed E-state index contributed by atoms with van der Waals surface area (Å²) in [6.45, 7) is 22.8. The van der Waals surface area contributed by atoms with Crippen molar-refractivity contribution in [3.05, 3.63) is 53.2 Å². The molecule has 2 aromatic rings. The van der Waals surface area contributed by atoms with Crippen LogP contribution in [0.5, 0.6) is 0 Å². The van der Waals surface area contributed by atoms with Crippen molar-refractivity contribution in [2.24, 2.45) is 23.5 Å². The number of ether oxygens (including phenoxy) is 6. The van der Waals surface area contributed by atoms with Crippen LogP contribution in [0.15, 0.2) is 40.7 Å². The molecule has 3 saturated heterocycles. The number of aliphatic hydroxyl groups is 5. The fourth-order valence-corrected chi connectivity index (χ4v) is 11.6. The molecular formula is C55H93N5O13. The van der Waals surface area contributed by atoms with Gasteiger partial charge in [-0.1, -0.05) is 50.2 Å². The van der Waals surface area contributed by atoms with Crippen LogP contribution in [-0.4, -0.2) is 178 Å². The Kier molecular flexibility index (Phi) is 21.4. The van der Waals surface area contributed by atoms with Crippen LogP contribution >= 0.6 is 0 Å². The van der Waals surface area contributed by atoms with E-state index in [-0.39, 0.29) is 50.0 Å². The van der Waals surface area contributed by atoms with Gasteiger partial charge in [0.1, 0.15) is 29.7 Å². The lowest BCUT2D eigenvalue weighted by atomic mass is 9.77. The van der Waals surface area contributed by atoms with Crippen molar-refractivity contribution in [3.8, 4) is 11.1 Å². The lowest BCUT2D eigenvalue weighted by Crippen LogP contribution is -2.59. The molecule has 5 rings (SSSR count). The first-order valence-corrected chi connectivity index (χ1v) is 26.6. The minimum Gasteiger partial charge on any atom is -0.459 e. The van der Waals surface area contributed by atoms with Gasteiger partial charge in [-0.3, -0.25) is 4.79 Å². The summed E-state index contributed by atoms with van der Waals surface area (Å²) in [5.41, 5.74) is 6.77. The number of aliphatic hydroxyl groups excluding tert-OH is 3. The van der Waals surface area contributed by atoms with Crippen LogP contribution in [-0.2, 0) is 39.6 Å². The standard InChI is InChI=1S/C55H93N5O13/c1-16-44-55(12,66)49(62)36(7)60(14)29-31(2)26-53(10,65)51(33(4)48(34(5)52(64)70-44)71-46-27-54(11,67-15)50(63)38(9)69-46)72-45-25-43(23-32(3)68-45)59(13)22-21-41(56)28-57-42(30-61)24-39-17-19-40(20-18-39)47-35(6)58-73-37(47)8/h17-20,28,31-34,36,38,42-46,48-51,57,61-63,65-66H,16,21-27,29-30,56H2,1-15H3/b41-28-/t31-,32-,33+,34-,36-,38+,42+,43+,44-,45+,46+,48+,49?,50+,51-,53-,54-,55-/m1/s1. The van der Waals surface area contributed by atoms with Gasteiger partial charge in [0.2, 0.25) is 0 Å². The van der Waals surface area contributed by atoms with Crippen molar-refractivity contribution >= 4 is 5.97 Å². The molecule has 18 heteroatoms. The number of carbonyl (C=O) groups excluding carboxylic acids is 1. The Bertz CT molecular complexity index is 2050. The van der Waals surface area contributed by atoms with Gasteiger partial charge in [0.25, 0.3) is 0 Å². The third-order valence-electron chi connectivity index (χ3n) is 16.3. The predicted octanol–water partition coefficient (Wildman–Crippen LogP) is 4.96. The largest absolute Gasteiger partial charge is 0.459 e. The molecular weight excluding hydrogens is 939 g/mol. The number of nitrogens with two attached hydrogens (primary N) is 1. The molecule has 3 aliphatic heterocycles. The Hall–Kier alpha value is -3.24. The highest BCUT2D eigenvalue weighted by molar-refractivity contribution is 5.73. The van der Waals surface area contributed by atoms with Gasteiger partial charge in [-0.25, -0.2) is 0 Å². The summed E-state index contributed by atoms with van der Waals surface area (Å²) in [5, 5.41) is 65.1. The van der Waals surface area contributed by atoms with Gasteiger partial charge in [0.05, 0.1) is 59.9 Å². The van der Waals surface area contributed by atoms with Crippen molar-refractivity contribution in [1.29, 1.82) is 0 Å². The van der Waals surface area contributed by atoms with Crippen molar-refractivity contribution in [2.45, 2.75) is 218 Å². The average Bonchev–Trinajstić information content (AvgIpc) is 3.68. The molecule has 8 N–H and O–H groups in total. The Morgan fingerprint density at radius 2 is 1.67 bits per heavy atom. The lowest BCUT2D eigenvalue weighted by Gasteiger charge is -2.48. The lowest BCUT2D eigenvalue weighted by molar-refractivity contribution is -0.308. The maximum atomic E-state index is 14.5. The molecule has 0 bridgehead atoms. The van der Waals surface area contributed by atoms with E-state index >= 15 is 0 Å². The Morgan fingerprint density at radius 1 is 1.00 bits per heavy atom. The summed E-state index contributed by atoms with van der Waals surface area (Å²) < 4.78 is 44.0. The summed E-state index contributed by atoms with van der Waals surface area (Å²) in [6.07, 6.45) is -3.11.